The maximum Gasteiger partial charge on any atom is 0.242 e. The van der Waals surface area contributed by atoms with E-state index in [2.05, 4.69) is 11.8 Å². The summed E-state index contributed by atoms with van der Waals surface area (Å²) in [5.74, 6) is 0.618. The van der Waals surface area contributed by atoms with E-state index < -0.39 is 10.0 Å². The molecule has 2 atom stereocenters. The molecule has 1 fully saturated rings. The van der Waals surface area contributed by atoms with Gasteiger partial charge < -0.3 is 5.73 Å². The Labute approximate surface area is 146 Å². The van der Waals surface area contributed by atoms with Crippen molar-refractivity contribution in [2.24, 2.45) is 11.7 Å². The first-order chi connectivity index (χ1) is 10.4. The van der Waals surface area contributed by atoms with Gasteiger partial charge in [0.2, 0.25) is 10.0 Å². The summed E-state index contributed by atoms with van der Waals surface area (Å²) in [7, 11) is -0.260. The van der Waals surface area contributed by atoms with E-state index in [1.54, 1.807) is 26.2 Å². The van der Waals surface area contributed by atoms with Crippen LogP contribution in [0.3, 0.4) is 0 Å². The molecule has 1 aromatic carbocycles. The Balaban J connectivity index is 0.00000264. The van der Waals surface area contributed by atoms with Crippen LogP contribution >= 0.6 is 12.4 Å². The maximum atomic E-state index is 12.1. The van der Waals surface area contributed by atoms with Crippen molar-refractivity contribution >= 4 is 22.4 Å². The van der Waals surface area contributed by atoms with Crippen LogP contribution in [0.4, 0.5) is 0 Å². The van der Waals surface area contributed by atoms with Crippen molar-refractivity contribution in [1.29, 1.82) is 0 Å². The summed E-state index contributed by atoms with van der Waals surface area (Å²) < 4.78 is 25.4. The molecule has 5 nitrogen and oxygen atoms in total. The summed E-state index contributed by atoms with van der Waals surface area (Å²) >= 11 is 0. The molecular formula is C16H28ClN3O2S. The van der Waals surface area contributed by atoms with Crippen LogP contribution in [-0.4, -0.2) is 50.8 Å². The highest BCUT2D eigenvalue weighted by Gasteiger charge is 2.27. The summed E-state index contributed by atoms with van der Waals surface area (Å²) in [6, 6.07) is 7.61. The topological polar surface area (TPSA) is 66.6 Å². The number of rotatable bonds is 5. The second-order valence-electron chi connectivity index (χ2n) is 6.32. The second kappa shape index (κ2) is 8.44. The number of likely N-dealkylation sites (tertiary alicyclic amines) is 1. The molecule has 2 rings (SSSR count). The van der Waals surface area contributed by atoms with Gasteiger partial charge in [-0.2, -0.15) is 0 Å². The van der Waals surface area contributed by atoms with Crippen LogP contribution in [0.5, 0.6) is 0 Å². The zero-order valence-corrected chi connectivity index (χ0v) is 15.7. The monoisotopic (exact) mass is 361 g/mol. The molecule has 1 aliphatic heterocycles. The molecule has 2 N–H and O–H groups in total. The molecule has 0 saturated carbocycles. The largest absolute Gasteiger partial charge is 0.329 e. The van der Waals surface area contributed by atoms with Crippen molar-refractivity contribution < 1.29 is 8.42 Å². The van der Waals surface area contributed by atoms with Crippen LogP contribution in [0.2, 0.25) is 0 Å². The number of piperidine rings is 1. The zero-order chi connectivity index (χ0) is 16.3. The third kappa shape index (κ3) is 4.67. The quantitative estimate of drug-likeness (QED) is 0.870. The van der Waals surface area contributed by atoms with Crippen molar-refractivity contribution in [3.05, 3.63) is 29.8 Å². The Kier molecular flexibility index (Phi) is 7.48. The molecule has 1 aromatic rings. The number of benzene rings is 1. The van der Waals surface area contributed by atoms with E-state index in [0.717, 1.165) is 18.7 Å². The lowest BCUT2D eigenvalue weighted by Gasteiger charge is -2.39. The van der Waals surface area contributed by atoms with Crippen molar-refractivity contribution in [2.45, 2.75) is 37.2 Å². The van der Waals surface area contributed by atoms with Gasteiger partial charge in [0.25, 0.3) is 0 Å². The van der Waals surface area contributed by atoms with Crippen LogP contribution < -0.4 is 5.73 Å². The van der Waals surface area contributed by atoms with Gasteiger partial charge in [-0.05, 0) is 43.0 Å². The van der Waals surface area contributed by atoms with E-state index in [0.29, 0.717) is 23.4 Å². The normalized spacial score (nSPS) is 22.8. The Morgan fingerprint density at radius 1 is 1.26 bits per heavy atom. The first kappa shape index (κ1) is 20.4. The SMILES string of the molecule is CC1CCCN(Cc2ccc(S(=O)(=O)N(C)C)cc2)C1CN.Cl. The van der Waals surface area contributed by atoms with Crippen LogP contribution in [-0.2, 0) is 16.6 Å². The van der Waals surface area contributed by atoms with Crippen molar-refractivity contribution in [1.82, 2.24) is 9.21 Å². The zero-order valence-electron chi connectivity index (χ0n) is 14.1. The molecule has 0 aliphatic carbocycles. The fourth-order valence-electron chi connectivity index (χ4n) is 3.12. The van der Waals surface area contributed by atoms with Crippen LogP contribution in [0.1, 0.15) is 25.3 Å². The van der Waals surface area contributed by atoms with Gasteiger partial charge >= 0.3 is 0 Å². The lowest BCUT2D eigenvalue weighted by Crippen LogP contribution is -2.47. The molecule has 7 heteroatoms. The van der Waals surface area contributed by atoms with Gasteiger partial charge in [0.1, 0.15) is 0 Å². The number of hydrogen-bond donors (Lipinski definition) is 1. The number of sulfonamides is 1. The summed E-state index contributed by atoms with van der Waals surface area (Å²) in [6.07, 6.45) is 2.43. The Morgan fingerprint density at radius 3 is 2.39 bits per heavy atom. The smallest absolute Gasteiger partial charge is 0.242 e. The highest BCUT2D eigenvalue weighted by atomic mass is 35.5. The van der Waals surface area contributed by atoms with Crippen molar-refractivity contribution in [2.75, 3.05) is 27.2 Å². The second-order valence-corrected chi connectivity index (χ2v) is 8.48. The lowest BCUT2D eigenvalue weighted by molar-refractivity contribution is 0.0991. The number of nitrogens with zero attached hydrogens (tertiary/aromatic N) is 2. The molecule has 2 unspecified atom stereocenters. The summed E-state index contributed by atoms with van der Waals surface area (Å²) in [5.41, 5.74) is 7.06. The van der Waals surface area contributed by atoms with E-state index in [1.807, 2.05) is 12.1 Å². The molecule has 1 heterocycles. The highest BCUT2D eigenvalue weighted by molar-refractivity contribution is 7.89. The molecule has 23 heavy (non-hydrogen) atoms. The van der Waals surface area contributed by atoms with Gasteiger partial charge in [-0.15, -0.1) is 12.4 Å². The van der Waals surface area contributed by atoms with E-state index in [1.165, 1.54) is 17.1 Å². The van der Waals surface area contributed by atoms with Gasteiger partial charge in [0.15, 0.2) is 0 Å². The standard InChI is InChI=1S/C16H27N3O2S.ClH/c1-13-5-4-10-19(16(13)11-17)12-14-6-8-15(9-7-14)22(20,21)18(2)3;/h6-9,13,16H,4-5,10-12,17H2,1-3H3;1H. The Hall–Kier alpha value is -0.660. The third-order valence-corrected chi connectivity index (χ3v) is 6.39. The minimum Gasteiger partial charge on any atom is -0.329 e. The van der Waals surface area contributed by atoms with Crippen molar-refractivity contribution in [3.8, 4) is 0 Å². The average Bonchev–Trinajstić information content (AvgIpc) is 2.48. The molecule has 1 aliphatic rings. The molecule has 132 valence electrons. The predicted octanol–water partition coefficient (Wildman–Crippen LogP) is 1.92. The summed E-state index contributed by atoms with van der Waals surface area (Å²) in [4.78, 5) is 2.76. The molecule has 1 saturated heterocycles. The Morgan fingerprint density at radius 2 is 1.87 bits per heavy atom. The lowest BCUT2D eigenvalue weighted by atomic mass is 9.90. The molecule has 0 aromatic heterocycles. The van der Waals surface area contributed by atoms with E-state index in [9.17, 15) is 8.42 Å². The van der Waals surface area contributed by atoms with Gasteiger partial charge in [0.05, 0.1) is 4.90 Å². The molecular weight excluding hydrogens is 334 g/mol. The third-order valence-electron chi connectivity index (χ3n) is 4.56. The summed E-state index contributed by atoms with van der Waals surface area (Å²) in [5, 5.41) is 0. The van der Waals surface area contributed by atoms with Crippen molar-refractivity contribution in [3.63, 3.8) is 0 Å². The number of nitrogens with two attached hydrogens (primary N) is 1. The first-order valence-electron chi connectivity index (χ1n) is 7.82. The van der Waals surface area contributed by atoms with Crippen LogP contribution in [0.15, 0.2) is 29.2 Å². The van der Waals surface area contributed by atoms with Gasteiger partial charge in [0, 0.05) is 33.2 Å². The highest BCUT2D eigenvalue weighted by Crippen LogP contribution is 2.24. The summed E-state index contributed by atoms with van der Waals surface area (Å²) in [6.45, 7) is 4.82. The minimum atomic E-state index is -3.35. The number of halogens is 1. The number of hydrogen-bond acceptors (Lipinski definition) is 4. The Bertz CT molecular complexity index is 590. The van der Waals surface area contributed by atoms with Gasteiger partial charge in [-0.3, -0.25) is 4.90 Å². The fourth-order valence-corrected chi connectivity index (χ4v) is 4.03. The molecule has 0 radical (unpaired) electrons. The maximum absolute atomic E-state index is 12.1. The van der Waals surface area contributed by atoms with Gasteiger partial charge in [-0.1, -0.05) is 19.1 Å². The van der Waals surface area contributed by atoms with E-state index in [4.69, 9.17) is 5.73 Å². The minimum absolute atomic E-state index is 0. The average molecular weight is 362 g/mol. The fraction of sp³-hybridized carbons (Fsp3) is 0.625. The van der Waals surface area contributed by atoms with Crippen LogP contribution in [0.25, 0.3) is 0 Å². The molecule has 0 spiro atoms. The molecule has 0 bridgehead atoms. The van der Waals surface area contributed by atoms with Gasteiger partial charge in [-0.25, -0.2) is 12.7 Å². The predicted molar refractivity (Wildman–Crippen MR) is 96.2 cm³/mol. The van der Waals surface area contributed by atoms with Crippen LogP contribution in [0, 0.1) is 5.92 Å². The van der Waals surface area contributed by atoms with E-state index in [-0.39, 0.29) is 12.4 Å². The molecule has 0 amide bonds. The van der Waals surface area contributed by atoms with E-state index >= 15 is 0 Å². The first-order valence-corrected chi connectivity index (χ1v) is 9.26.